The molecule has 0 aliphatic heterocycles. The predicted molar refractivity (Wildman–Crippen MR) is 77.9 cm³/mol. The van der Waals surface area contributed by atoms with E-state index in [-0.39, 0.29) is 11.4 Å². The van der Waals surface area contributed by atoms with Gasteiger partial charge in [0.05, 0.1) is 10.6 Å². The summed E-state index contributed by atoms with van der Waals surface area (Å²) in [6.45, 7) is 3.89. The van der Waals surface area contributed by atoms with E-state index in [0.29, 0.717) is 5.56 Å². The standard InChI is InChI=1S/C15H14N2O3/c1-10-3-4-11(2)14(7-10)16-9-12-8-13(17(19)20)5-6-15(12)18/h3-9,18H,1-2H3. The van der Waals surface area contributed by atoms with Crippen LogP contribution < -0.4 is 0 Å². The molecule has 0 radical (unpaired) electrons. The van der Waals surface area contributed by atoms with E-state index in [1.54, 1.807) is 0 Å². The minimum absolute atomic E-state index is 0.0374. The van der Waals surface area contributed by atoms with Gasteiger partial charge in [0.15, 0.2) is 0 Å². The van der Waals surface area contributed by atoms with Gasteiger partial charge in [0, 0.05) is 23.9 Å². The van der Waals surface area contributed by atoms with Gasteiger partial charge in [0.2, 0.25) is 0 Å². The van der Waals surface area contributed by atoms with E-state index in [4.69, 9.17) is 0 Å². The zero-order chi connectivity index (χ0) is 14.7. The Hall–Kier alpha value is -2.69. The lowest BCUT2D eigenvalue weighted by molar-refractivity contribution is -0.384. The third-order valence-corrected chi connectivity index (χ3v) is 2.93. The second-order valence-electron chi connectivity index (χ2n) is 4.55. The Balaban J connectivity index is 2.38. The molecule has 2 aromatic carbocycles. The Morgan fingerprint density at radius 3 is 2.65 bits per heavy atom. The number of phenols is 1. The maximum Gasteiger partial charge on any atom is 0.270 e. The molecule has 5 heteroatoms. The Kier molecular flexibility index (Phi) is 3.79. The minimum atomic E-state index is -0.505. The fraction of sp³-hybridized carbons (Fsp3) is 0.133. The minimum Gasteiger partial charge on any atom is -0.507 e. The van der Waals surface area contributed by atoms with Gasteiger partial charge in [-0.05, 0) is 37.1 Å². The van der Waals surface area contributed by atoms with Crippen LogP contribution in [0.25, 0.3) is 0 Å². The second-order valence-corrected chi connectivity index (χ2v) is 4.55. The molecule has 1 N–H and O–H groups in total. The first-order chi connectivity index (χ1) is 9.47. The molecular weight excluding hydrogens is 256 g/mol. The summed E-state index contributed by atoms with van der Waals surface area (Å²) >= 11 is 0. The van der Waals surface area contributed by atoms with Crippen molar-refractivity contribution < 1.29 is 10.0 Å². The van der Waals surface area contributed by atoms with Crippen molar-refractivity contribution >= 4 is 17.6 Å². The molecule has 2 rings (SSSR count). The van der Waals surface area contributed by atoms with Gasteiger partial charge in [0.25, 0.3) is 5.69 Å². The maximum absolute atomic E-state index is 10.7. The molecule has 0 aliphatic rings. The predicted octanol–water partition coefficient (Wildman–Crippen LogP) is 3.67. The van der Waals surface area contributed by atoms with Gasteiger partial charge in [-0.2, -0.15) is 0 Å². The van der Waals surface area contributed by atoms with Gasteiger partial charge in [0.1, 0.15) is 5.75 Å². The van der Waals surface area contributed by atoms with Crippen LogP contribution in [0.3, 0.4) is 0 Å². The molecule has 20 heavy (non-hydrogen) atoms. The number of phenolic OH excluding ortho intramolecular Hbond substituents is 1. The van der Waals surface area contributed by atoms with Crippen molar-refractivity contribution in [2.45, 2.75) is 13.8 Å². The molecule has 0 heterocycles. The van der Waals surface area contributed by atoms with Crippen LogP contribution in [0.1, 0.15) is 16.7 Å². The van der Waals surface area contributed by atoms with E-state index >= 15 is 0 Å². The fourth-order valence-corrected chi connectivity index (χ4v) is 1.76. The monoisotopic (exact) mass is 270 g/mol. The van der Waals surface area contributed by atoms with Crippen LogP contribution in [0, 0.1) is 24.0 Å². The zero-order valence-electron chi connectivity index (χ0n) is 11.2. The number of aliphatic imine (C=N–C) groups is 1. The molecule has 102 valence electrons. The number of benzene rings is 2. The van der Waals surface area contributed by atoms with Crippen molar-refractivity contribution in [1.82, 2.24) is 0 Å². The topological polar surface area (TPSA) is 75.7 Å². The van der Waals surface area contributed by atoms with Gasteiger partial charge in [-0.3, -0.25) is 15.1 Å². The molecule has 0 aliphatic carbocycles. The van der Waals surface area contributed by atoms with Crippen LogP contribution in [0.15, 0.2) is 41.4 Å². The number of hydrogen-bond acceptors (Lipinski definition) is 4. The zero-order valence-corrected chi connectivity index (χ0v) is 11.2. The molecule has 0 spiro atoms. The number of aryl methyl sites for hydroxylation is 2. The average molecular weight is 270 g/mol. The van der Waals surface area contributed by atoms with E-state index < -0.39 is 4.92 Å². The number of nitrogens with zero attached hydrogens (tertiary/aromatic N) is 2. The van der Waals surface area contributed by atoms with Crippen LogP contribution >= 0.6 is 0 Å². The molecular formula is C15H14N2O3. The van der Waals surface area contributed by atoms with Crippen molar-refractivity contribution in [3.8, 4) is 5.75 Å². The summed E-state index contributed by atoms with van der Waals surface area (Å²) in [5, 5.41) is 20.4. The van der Waals surface area contributed by atoms with E-state index in [1.807, 2.05) is 32.0 Å². The number of nitro benzene ring substituents is 1. The smallest absolute Gasteiger partial charge is 0.270 e. The van der Waals surface area contributed by atoms with Crippen LogP contribution in [0.5, 0.6) is 5.75 Å². The van der Waals surface area contributed by atoms with Gasteiger partial charge >= 0.3 is 0 Å². The molecule has 0 fully saturated rings. The summed E-state index contributed by atoms with van der Waals surface area (Å²) in [4.78, 5) is 14.5. The largest absolute Gasteiger partial charge is 0.507 e. The number of nitro groups is 1. The summed E-state index contributed by atoms with van der Waals surface area (Å²) < 4.78 is 0. The summed E-state index contributed by atoms with van der Waals surface area (Å²) in [6, 6.07) is 9.70. The third kappa shape index (κ3) is 3.00. The molecule has 0 amide bonds. The van der Waals surface area contributed by atoms with Gasteiger partial charge in [-0.15, -0.1) is 0 Å². The Morgan fingerprint density at radius 1 is 1.20 bits per heavy atom. The number of non-ortho nitro benzene ring substituents is 1. The SMILES string of the molecule is Cc1ccc(C)c(N=Cc2cc([N+](=O)[O-])ccc2O)c1. The van der Waals surface area contributed by atoms with Crippen molar-refractivity contribution in [3.05, 3.63) is 63.2 Å². The van der Waals surface area contributed by atoms with E-state index in [9.17, 15) is 15.2 Å². The van der Waals surface area contributed by atoms with Crippen LogP contribution in [-0.4, -0.2) is 16.2 Å². The first-order valence-electron chi connectivity index (χ1n) is 6.06. The fourth-order valence-electron chi connectivity index (χ4n) is 1.76. The summed E-state index contributed by atoms with van der Waals surface area (Å²) in [7, 11) is 0. The van der Waals surface area contributed by atoms with Crippen LogP contribution in [0.4, 0.5) is 11.4 Å². The Bertz CT molecular complexity index is 694. The molecule has 0 atom stereocenters. The molecule has 0 saturated heterocycles. The highest BCUT2D eigenvalue weighted by atomic mass is 16.6. The highest BCUT2D eigenvalue weighted by molar-refractivity contribution is 5.86. The number of rotatable bonds is 3. The number of aromatic hydroxyl groups is 1. The lowest BCUT2D eigenvalue weighted by Gasteiger charge is -2.02. The van der Waals surface area contributed by atoms with Crippen molar-refractivity contribution in [2.24, 2.45) is 4.99 Å². The molecule has 5 nitrogen and oxygen atoms in total. The summed E-state index contributed by atoms with van der Waals surface area (Å²) in [5.74, 6) is -0.0374. The quantitative estimate of drug-likeness (QED) is 0.525. The van der Waals surface area contributed by atoms with Crippen molar-refractivity contribution in [2.75, 3.05) is 0 Å². The first kappa shape index (κ1) is 13.7. The molecule has 2 aromatic rings. The second kappa shape index (κ2) is 5.52. The highest BCUT2D eigenvalue weighted by Crippen LogP contribution is 2.24. The normalized spacial score (nSPS) is 10.9. The summed E-state index contributed by atoms with van der Waals surface area (Å²) in [6.07, 6.45) is 1.43. The third-order valence-electron chi connectivity index (χ3n) is 2.93. The van der Waals surface area contributed by atoms with Gasteiger partial charge in [-0.25, -0.2) is 0 Å². The van der Waals surface area contributed by atoms with Gasteiger partial charge in [-0.1, -0.05) is 12.1 Å². The average Bonchev–Trinajstić information content (AvgIpc) is 2.41. The lowest BCUT2D eigenvalue weighted by atomic mass is 10.1. The molecule has 0 bridgehead atoms. The molecule has 0 saturated carbocycles. The van der Waals surface area contributed by atoms with Crippen LogP contribution in [0.2, 0.25) is 0 Å². The Morgan fingerprint density at radius 2 is 1.95 bits per heavy atom. The summed E-state index contributed by atoms with van der Waals surface area (Å²) in [5.41, 5.74) is 3.09. The maximum atomic E-state index is 10.7. The van der Waals surface area contributed by atoms with Crippen molar-refractivity contribution in [3.63, 3.8) is 0 Å². The van der Waals surface area contributed by atoms with E-state index in [0.717, 1.165) is 16.8 Å². The van der Waals surface area contributed by atoms with E-state index in [1.165, 1.54) is 24.4 Å². The molecule has 0 aromatic heterocycles. The van der Waals surface area contributed by atoms with Crippen molar-refractivity contribution in [1.29, 1.82) is 0 Å². The molecule has 0 unspecified atom stereocenters. The lowest BCUT2D eigenvalue weighted by Crippen LogP contribution is -1.90. The highest BCUT2D eigenvalue weighted by Gasteiger charge is 2.08. The first-order valence-corrected chi connectivity index (χ1v) is 6.06. The van der Waals surface area contributed by atoms with Gasteiger partial charge < -0.3 is 5.11 Å². The Labute approximate surface area is 116 Å². The van der Waals surface area contributed by atoms with Crippen LogP contribution in [-0.2, 0) is 0 Å². The number of hydrogen-bond donors (Lipinski definition) is 1. The van der Waals surface area contributed by atoms with E-state index in [2.05, 4.69) is 4.99 Å².